The van der Waals surface area contributed by atoms with Gasteiger partial charge in [0.15, 0.2) is 10.9 Å². The van der Waals surface area contributed by atoms with E-state index >= 15 is 0 Å². The van der Waals surface area contributed by atoms with Crippen molar-refractivity contribution in [1.29, 1.82) is 0 Å². The van der Waals surface area contributed by atoms with Crippen molar-refractivity contribution in [1.82, 2.24) is 14.8 Å². The predicted octanol–water partition coefficient (Wildman–Crippen LogP) is 4.31. The van der Waals surface area contributed by atoms with Crippen molar-refractivity contribution in [2.75, 3.05) is 11.1 Å². The first-order chi connectivity index (χ1) is 15.0. The maximum Gasteiger partial charge on any atom is 0.306 e. The van der Waals surface area contributed by atoms with Crippen LogP contribution in [0.25, 0.3) is 17.3 Å². The molecule has 0 aliphatic carbocycles. The summed E-state index contributed by atoms with van der Waals surface area (Å²) in [5.74, 6) is -0.458. The molecule has 0 saturated carbocycles. The molecule has 2 heterocycles. The quantitative estimate of drug-likeness (QED) is 0.259. The Balaban J connectivity index is 1.53. The number of nitrogens with zero attached hydrogens (tertiary/aromatic N) is 4. The van der Waals surface area contributed by atoms with Crippen LogP contribution in [-0.2, 0) is 4.79 Å². The van der Waals surface area contributed by atoms with Crippen LogP contribution in [-0.4, -0.2) is 31.3 Å². The number of carbonyl (C=O) groups is 1. The van der Waals surface area contributed by atoms with E-state index in [1.54, 1.807) is 16.7 Å². The molecule has 4 aromatic rings. The normalized spacial score (nSPS) is 10.7. The van der Waals surface area contributed by atoms with E-state index in [1.807, 2.05) is 30.3 Å². The Bertz CT molecular complexity index is 1230. The number of hydrogen-bond donors (Lipinski definition) is 1. The summed E-state index contributed by atoms with van der Waals surface area (Å²) in [7, 11) is 0. The van der Waals surface area contributed by atoms with Crippen molar-refractivity contribution >= 4 is 29.0 Å². The van der Waals surface area contributed by atoms with Crippen LogP contribution >= 0.6 is 11.8 Å². The molecule has 4 rings (SSSR count). The van der Waals surface area contributed by atoms with Gasteiger partial charge in [-0.2, -0.15) is 4.39 Å². The van der Waals surface area contributed by atoms with Crippen LogP contribution in [0.15, 0.2) is 76.5 Å². The summed E-state index contributed by atoms with van der Waals surface area (Å²) in [6, 6.07) is 16.0. The van der Waals surface area contributed by atoms with Gasteiger partial charge in [-0.05, 0) is 36.4 Å². The molecular weight excluding hydrogens is 425 g/mol. The molecule has 31 heavy (non-hydrogen) atoms. The molecule has 0 aliphatic rings. The smallest absolute Gasteiger partial charge is 0.306 e. The number of amides is 1. The van der Waals surface area contributed by atoms with Gasteiger partial charge >= 0.3 is 5.69 Å². The Labute approximate surface area is 179 Å². The molecule has 2 aromatic heterocycles. The second kappa shape index (κ2) is 8.79. The third-order valence-corrected chi connectivity index (χ3v) is 5.08. The molecule has 0 spiro atoms. The van der Waals surface area contributed by atoms with Crippen LogP contribution in [0.2, 0.25) is 0 Å². The third-order valence-electron chi connectivity index (χ3n) is 4.15. The molecule has 156 valence electrons. The van der Waals surface area contributed by atoms with Crippen molar-refractivity contribution < 1.29 is 18.5 Å². The highest BCUT2D eigenvalue weighted by atomic mass is 32.2. The zero-order chi connectivity index (χ0) is 21.8. The first-order valence-corrected chi connectivity index (χ1v) is 9.93. The van der Waals surface area contributed by atoms with Gasteiger partial charge in [0.05, 0.1) is 16.9 Å². The fourth-order valence-corrected chi connectivity index (χ4v) is 3.55. The lowest BCUT2D eigenvalue weighted by Gasteiger charge is -2.09. The molecule has 1 amide bonds. The van der Waals surface area contributed by atoms with E-state index in [0.29, 0.717) is 16.7 Å². The fraction of sp³-hybridized carbons (Fsp3) is 0.0500. The summed E-state index contributed by atoms with van der Waals surface area (Å²) in [4.78, 5) is 22.4. The van der Waals surface area contributed by atoms with E-state index in [2.05, 4.69) is 15.5 Å². The number of hydrogen-bond acceptors (Lipinski definition) is 7. The predicted molar refractivity (Wildman–Crippen MR) is 111 cm³/mol. The molecule has 0 fully saturated rings. The van der Waals surface area contributed by atoms with Crippen molar-refractivity contribution in [3.05, 3.63) is 82.9 Å². The topological polar surface area (TPSA) is 116 Å². The number of anilines is 1. The Morgan fingerprint density at radius 3 is 2.68 bits per heavy atom. The molecule has 0 radical (unpaired) electrons. The van der Waals surface area contributed by atoms with E-state index in [0.717, 1.165) is 29.6 Å². The summed E-state index contributed by atoms with van der Waals surface area (Å²) in [6.07, 6.45) is 1.53. The SMILES string of the molecule is O=C(CSc1nnc(-c2ccco2)n1-c1ccccc1)Nc1ccc(F)c([N+](=O)[O-])c1. The van der Waals surface area contributed by atoms with Crippen LogP contribution in [0.5, 0.6) is 0 Å². The maximum absolute atomic E-state index is 13.5. The van der Waals surface area contributed by atoms with E-state index < -0.39 is 22.3 Å². The standard InChI is InChI=1S/C20H14FN5O4S/c21-15-9-8-13(11-16(15)26(28)29)22-18(27)12-31-20-24-23-19(17-7-4-10-30-17)25(20)14-5-2-1-3-6-14/h1-11H,12H2,(H,22,27). The molecule has 1 N–H and O–H groups in total. The lowest BCUT2D eigenvalue weighted by atomic mass is 10.2. The van der Waals surface area contributed by atoms with Gasteiger partial charge in [0, 0.05) is 17.4 Å². The summed E-state index contributed by atoms with van der Waals surface area (Å²) < 4.78 is 20.7. The average molecular weight is 439 g/mol. The minimum atomic E-state index is -0.973. The Morgan fingerprint density at radius 1 is 1.16 bits per heavy atom. The third kappa shape index (κ3) is 4.46. The first-order valence-electron chi connectivity index (χ1n) is 8.94. The second-order valence-electron chi connectivity index (χ2n) is 6.21. The lowest BCUT2D eigenvalue weighted by molar-refractivity contribution is -0.387. The molecule has 0 unspecified atom stereocenters. The van der Waals surface area contributed by atoms with E-state index in [4.69, 9.17) is 4.42 Å². The van der Waals surface area contributed by atoms with E-state index in [9.17, 15) is 19.3 Å². The monoisotopic (exact) mass is 439 g/mol. The van der Waals surface area contributed by atoms with Crippen molar-refractivity contribution in [3.63, 3.8) is 0 Å². The van der Waals surface area contributed by atoms with Gasteiger partial charge in [0.25, 0.3) is 0 Å². The Morgan fingerprint density at radius 2 is 1.97 bits per heavy atom. The number of thioether (sulfide) groups is 1. The molecule has 0 aliphatic heterocycles. The van der Waals surface area contributed by atoms with Gasteiger partial charge in [0.1, 0.15) is 0 Å². The van der Waals surface area contributed by atoms with Crippen LogP contribution in [0.1, 0.15) is 0 Å². The van der Waals surface area contributed by atoms with Crippen LogP contribution < -0.4 is 5.32 Å². The van der Waals surface area contributed by atoms with Crippen LogP contribution in [0.3, 0.4) is 0 Å². The van der Waals surface area contributed by atoms with Crippen LogP contribution in [0.4, 0.5) is 15.8 Å². The number of halogens is 1. The van der Waals surface area contributed by atoms with Gasteiger partial charge in [-0.3, -0.25) is 19.5 Å². The molecular formula is C20H14FN5O4S. The van der Waals surface area contributed by atoms with E-state index in [1.165, 1.54) is 12.3 Å². The molecule has 0 bridgehead atoms. The number of nitro groups is 1. The molecule has 11 heteroatoms. The molecule has 0 atom stereocenters. The highest BCUT2D eigenvalue weighted by molar-refractivity contribution is 7.99. The van der Waals surface area contributed by atoms with Gasteiger partial charge in [-0.25, -0.2) is 0 Å². The second-order valence-corrected chi connectivity index (χ2v) is 7.16. The Kier molecular flexibility index (Phi) is 5.76. The summed E-state index contributed by atoms with van der Waals surface area (Å²) >= 11 is 1.13. The zero-order valence-corrected chi connectivity index (χ0v) is 16.6. The first kappa shape index (κ1) is 20.3. The van der Waals surface area contributed by atoms with Crippen molar-refractivity contribution in [2.45, 2.75) is 5.16 Å². The molecule has 9 nitrogen and oxygen atoms in total. The average Bonchev–Trinajstić information content (AvgIpc) is 3.43. The Hall–Kier alpha value is -3.99. The number of benzene rings is 2. The van der Waals surface area contributed by atoms with Gasteiger partial charge in [-0.15, -0.1) is 10.2 Å². The molecule has 0 saturated heterocycles. The van der Waals surface area contributed by atoms with Gasteiger partial charge < -0.3 is 9.73 Å². The minimum absolute atomic E-state index is 0.0473. The van der Waals surface area contributed by atoms with Gasteiger partial charge in [-0.1, -0.05) is 30.0 Å². The fourth-order valence-electron chi connectivity index (χ4n) is 2.80. The van der Waals surface area contributed by atoms with E-state index in [-0.39, 0.29) is 11.4 Å². The number of nitrogens with one attached hydrogen (secondary N) is 1. The van der Waals surface area contributed by atoms with Crippen molar-refractivity contribution in [2.24, 2.45) is 0 Å². The highest BCUT2D eigenvalue weighted by Crippen LogP contribution is 2.28. The number of furan rings is 1. The lowest BCUT2D eigenvalue weighted by Crippen LogP contribution is -2.15. The van der Waals surface area contributed by atoms with Crippen LogP contribution in [0, 0.1) is 15.9 Å². The number of para-hydroxylation sites is 1. The maximum atomic E-state index is 13.5. The minimum Gasteiger partial charge on any atom is -0.461 e. The zero-order valence-electron chi connectivity index (χ0n) is 15.8. The summed E-state index contributed by atoms with van der Waals surface area (Å²) in [5.41, 5.74) is 0.202. The number of rotatable bonds is 7. The summed E-state index contributed by atoms with van der Waals surface area (Å²) in [6.45, 7) is 0. The summed E-state index contributed by atoms with van der Waals surface area (Å²) in [5, 5.41) is 22.2. The number of aromatic nitrogens is 3. The van der Waals surface area contributed by atoms with Gasteiger partial charge in [0.2, 0.25) is 17.5 Å². The molecule has 2 aromatic carbocycles. The van der Waals surface area contributed by atoms with Crippen molar-refractivity contribution in [3.8, 4) is 17.3 Å². The highest BCUT2D eigenvalue weighted by Gasteiger charge is 2.19. The number of nitro benzene ring substituents is 1. The number of carbonyl (C=O) groups excluding carboxylic acids is 1. The largest absolute Gasteiger partial charge is 0.461 e.